The van der Waals surface area contributed by atoms with E-state index in [1.807, 2.05) is 0 Å². The van der Waals surface area contributed by atoms with E-state index in [9.17, 15) is 21.6 Å². The monoisotopic (exact) mass is 445 g/mol. The van der Waals surface area contributed by atoms with Crippen molar-refractivity contribution in [2.45, 2.75) is 23.3 Å². The van der Waals surface area contributed by atoms with Gasteiger partial charge in [0.2, 0.25) is 0 Å². The molecule has 0 atom stereocenters. The lowest BCUT2D eigenvalue weighted by Gasteiger charge is -2.22. The molecule has 0 aliphatic heterocycles. The summed E-state index contributed by atoms with van der Waals surface area (Å²) in [7, 11) is -8.75. The maximum atomic E-state index is 13.2. The van der Waals surface area contributed by atoms with E-state index in [-0.39, 0.29) is 15.5 Å². The van der Waals surface area contributed by atoms with Crippen LogP contribution in [0.25, 0.3) is 0 Å². The van der Waals surface area contributed by atoms with Crippen LogP contribution in [0.3, 0.4) is 0 Å². The van der Waals surface area contributed by atoms with Gasteiger partial charge in [0.1, 0.15) is 5.75 Å². The molecule has 0 aromatic heterocycles. The fourth-order valence-electron chi connectivity index (χ4n) is 2.70. The molecule has 9 heteroatoms. The van der Waals surface area contributed by atoms with Gasteiger partial charge in [0.05, 0.1) is 16.3 Å². The van der Waals surface area contributed by atoms with E-state index < -0.39 is 32.6 Å². The predicted octanol–water partition coefficient (Wildman–Crippen LogP) is 3.19. The third-order valence-electron chi connectivity index (χ3n) is 4.11. The second-order valence-electron chi connectivity index (χ2n) is 6.30. The van der Waals surface area contributed by atoms with Crippen LogP contribution in [0.2, 0.25) is 0 Å². The van der Waals surface area contributed by atoms with Gasteiger partial charge in [-0.25, -0.2) is 16.8 Å². The highest BCUT2D eigenvalue weighted by Crippen LogP contribution is 2.27. The molecular formula is C21H19NO6S2. The van der Waals surface area contributed by atoms with Gasteiger partial charge in [0.15, 0.2) is 0 Å². The zero-order valence-corrected chi connectivity index (χ0v) is 17.6. The van der Waals surface area contributed by atoms with Crippen LogP contribution in [0, 0.1) is 0 Å². The number of rotatable bonds is 7. The number of sulfonamides is 2. The van der Waals surface area contributed by atoms with Gasteiger partial charge in [-0.05, 0) is 42.0 Å². The molecule has 0 heterocycles. The van der Waals surface area contributed by atoms with Crippen molar-refractivity contribution in [3.8, 4) is 5.75 Å². The van der Waals surface area contributed by atoms with Gasteiger partial charge >= 0.3 is 5.97 Å². The lowest BCUT2D eigenvalue weighted by atomic mass is 10.2. The average molecular weight is 446 g/mol. The van der Waals surface area contributed by atoms with Crippen LogP contribution in [-0.4, -0.2) is 26.5 Å². The Kier molecular flexibility index (Phi) is 6.35. The zero-order chi connectivity index (χ0) is 21.8. The summed E-state index contributed by atoms with van der Waals surface area (Å²) in [5, 5.41) is 0. The molecule has 0 fully saturated rings. The Balaban J connectivity index is 2.05. The number of hydrogen-bond acceptors (Lipinski definition) is 6. The smallest absolute Gasteiger partial charge is 0.308 e. The Morgan fingerprint density at radius 3 is 1.57 bits per heavy atom. The topological polar surface area (TPSA) is 97.8 Å². The minimum absolute atomic E-state index is 0.138. The van der Waals surface area contributed by atoms with Gasteiger partial charge in [-0.1, -0.05) is 52.2 Å². The van der Waals surface area contributed by atoms with E-state index in [0.717, 1.165) is 0 Å². The van der Waals surface area contributed by atoms with Crippen LogP contribution in [0.1, 0.15) is 12.5 Å². The number of carbonyl (C=O) groups is 1. The van der Waals surface area contributed by atoms with E-state index in [2.05, 4.69) is 0 Å². The first-order chi connectivity index (χ1) is 14.2. The van der Waals surface area contributed by atoms with Crippen molar-refractivity contribution in [2.24, 2.45) is 0 Å². The Morgan fingerprint density at radius 1 is 0.733 bits per heavy atom. The summed E-state index contributed by atoms with van der Waals surface area (Å²) < 4.78 is 58.4. The molecule has 0 radical (unpaired) electrons. The molecule has 3 aromatic carbocycles. The second kappa shape index (κ2) is 8.78. The van der Waals surface area contributed by atoms with E-state index in [4.69, 9.17) is 4.74 Å². The van der Waals surface area contributed by atoms with Crippen molar-refractivity contribution in [2.75, 3.05) is 0 Å². The minimum atomic E-state index is -4.37. The number of ether oxygens (including phenoxy) is 1. The molecule has 0 spiro atoms. The summed E-state index contributed by atoms with van der Waals surface area (Å²) >= 11 is 0. The Morgan fingerprint density at radius 2 is 1.17 bits per heavy atom. The third-order valence-corrected chi connectivity index (χ3v) is 8.36. The molecule has 0 amide bonds. The molecule has 7 nitrogen and oxygen atoms in total. The van der Waals surface area contributed by atoms with Crippen LogP contribution in [0.4, 0.5) is 0 Å². The van der Waals surface area contributed by atoms with E-state index in [0.29, 0.717) is 9.27 Å². The van der Waals surface area contributed by atoms with Crippen molar-refractivity contribution >= 4 is 26.0 Å². The molecule has 0 saturated carbocycles. The summed E-state index contributed by atoms with van der Waals surface area (Å²) in [6.45, 7) is 0.837. The van der Waals surface area contributed by atoms with Crippen molar-refractivity contribution in [1.29, 1.82) is 0 Å². The first kappa shape index (κ1) is 21.7. The van der Waals surface area contributed by atoms with Crippen molar-refractivity contribution in [1.82, 2.24) is 3.71 Å². The average Bonchev–Trinajstić information content (AvgIpc) is 2.74. The van der Waals surface area contributed by atoms with Crippen molar-refractivity contribution < 1.29 is 26.4 Å². The molecule has 30 heavy (non-hydrogen) atoms. The highest BCUT2D eigenvalue weighted by atomic mass is 32.3. The van der Waals surface area contributed by atoms with Gasteiger partial charge in [-0.15, -0.1) is 0 Å². The van der Waals surface area contributed by atoms with Crippen molar-refractivity contribution in [3.63, 3.8) is 0 Å². The minimum Gasteiger partial charge on any atom is -0.427 e. The molecule has 0 aliphatic rings. The summed E-state index contributed by atoms with van der Waals surface area (Å²) in [4.78, 5) is 10.8. The summed E-state index contributed by atoms with van der Waals surface area (Å²) in [5.41, 5.74) is 0.407. The van der Waals surface area contributed by atoms with Gasteiger partial charge in [0, 0.05) is 6.92 Å². The molecule has 0 bridgehead atoms. The number of carbonyl (C=O) groups excluding carboxylic acids is 1. The van der Waals surface area contributed by atoms with Crippen LogP contribution in [0.15, 0.2) is 94.7 Å². The standard InChI is InChI=1S/C21H19NO6S2/c1-17(23)28-19-14-12-18(13-15-19)16-22(29(24,25)20-8-4-2-5-9-20)30(26,27)21-10-6-3-7-11-21/h2-15H,16H2,1H3. The van der Waals surface area contributed by atoms with Gasteiger partial charge < -0.3 is 4.74 Å². The molecule has 0 unspecified atom stereocenters. The van der Waals surface area contributed by atoms with Gasteiger partial charge in [-0.3, -0.25) is 4.79 Å². The normalized spacial score (nSPS) is 11.9. The highest BCUT2D eigenvalue weighted by Gasteiger charge is 2.36. The van der Waals surface area contributed by atoms with Gasteiger partial charge in [-0.2, -0.15) is 0 Å². The zero-order valence-electron chi connectivity index (χ0n) is 16.0. The first-order valence-corrected chi connectivity index (χ1v) is 11.7. The first-order valence-electron chi connectivity index (χ1n) is 8.86. The summed E-state index contributed by atoms with van der Waals surface area (Å²) in [5.74, 6) is -0.225. The Labute approximate surface area is 175 Å². The molecule has 3 rings (SSSR count). The highest BCUT2D eigenvalue weighted by molar-refractivity contribution is 8.04. The Bertz CT molecular complexity index is 1150. The molecule has 0 aliphatic carbocycles. The molecule has 0 N–H and O–H groups in total. The third kappa shape index (κ3) is 4.76. The second-order valence-corrected chi connectivity index (χ2v) is 10.3. The van der Waals surface area contributed by atoms with E-state index in [1.54, 1.807) is 12.1 Å². The van der Waals surface area contributed by atoms with E-state index in [1.165, 1.54) is 79.7 Å². The molecule has 3 aromatic rings. The SMILES string of the molecule is CC(=O)Oc1ccc(CN(S(=O)(=O)c2ccccc2)S(=O)(=O)c2ccccc2)cc1. The number of nitrogens with zero attached hydrogens (tertiary/aromatic N) is 1. The lowest BCUT2D eigenvalue weighted by Crippen LogP contribution is -2.36. The van der Waals surface area contributed by atoms with Crippen LogP contribution >= 0.6 is 0 Å². The fraction of sp³-hybridized carbons (Fsp3) is 0.0952. The number of hydrogen-bond donors (Lipinski definition) is 0. The van der Waals surface area contributed by atoms with Crippen LogP contribution in [-0.2, 0) is 31.4 Å². The largest absolute Gasteiger partial charge is 0.427 e. The van der Waals surface area contributed by atoms with Gasteiger partial charge in [0.25, 0.3) is 20.0 Å². The lowest BCUT2D eigenvalue weighted by molar-refractivity contribution is -0.131. The molecule has 0 saturated heterocycles. The van der Waals surface area contributed by atoms with Crippen LogP contribution < -0.4 is 4.74 Å². The van der Waals surface area contributed by atoms with Crippen LogP contribution in [0.5, 0.6) is 5.75 Å². The molecular weight excluding hydrogens is 426 g/mol. The maximum Gasteiger partial charge on any atom is 0.308 e. The van der Waals surface area contributed by atoms with E-state index >= 15 is 0 Å². The van der Waals surface area contributed by atoms with Crippen molar-refractivity contribution in [3.05, 3.63) is 90.5 Å². The summed E-state index contributed by atoms with van der Waals surface area (Å²) in [6, 6.07) is 20.7. The maximum absolute atomic E-state index is 13.2. The Hall–Kier alpha value is -3.01. The predicted molar refractivity (Wildman–Crippen MR) is 111 cm³/mol. The summed E-state index contributed by atoms with van der Waals surface area (Å²) in [6.07, 6.45) is 0. The molecule has 156 valence electrons. The number of esters is 1. The quantitative estimate of drug-likeness (QED) is 0.409. The fourth-order valence-corrected chi connectivity index (χ4v) is 6.36. The number of benzene rings is 3.